The van der Waals surface area contributed by atoms with E-state index in [1.165, 1.54) is 18.6 Å². The van der Waals surface area contributed by atoms with Crippen molar-refractivity contribution in [2.75, 3.05) is 11.5 Å². The molecule has 0 atom stereocenters. The standard InChI is InChI=1S/C18H15Cl2N5O.C2H6/c19-14-7-24-8-15(20)13(14)9-26-11-2-3-16(21)12(5-11)18(23)10-1-4-17(22)25-6-10;1-2/h1-8,23H,9,21H2,(H2,22,25);1-2H3. The van der Waals surface area contributed by atoms with E-state index in [-0.39, 0.29) is 12.3 Å². The number of aromatic nitrogens is 2. The highest BCUT2D eigenvalue weighted by Crippen LogP contribution is 2.27. The van der Waals surface area contributed by atoms with Gasteiger partial charge in [-0.2, -0.15) is 0 Å². The van der Waals surface area contributed by atoms with Gasteiger partial charge in [0.1, 0.15) is 18.2 Å². The van der Waals surface area contributed by atoms with Crippen molar-refractivity contribution >= 4 is 40.4 Å². The van der Waals surface area contributed by atoms with Crippen LogP contribution in [0.15, 0.2) is 48.9 Å². The van der Waals surface area contributed by atoms with E-state index in [2.05, 4.69) is 9.97 Å². The molecule has 0 aliphatic heterocycles. The van der Waals surface area contributed by atoms with Gasteiger partial charge in [0.05, 0.1) is 15.8 Å². The summed E-state index contributed by atoms with van der Waals surface area (Å²) in [6, 6.07) is 8.44. The van der Waals surface area contributed by atoms with Gasteiger partial charge in [0.25, 0.3) is 0 Å². The summed E-state index contributed by atoms with van der Waals surface area (Å²) < 4.78 is 5.77. The van der Waals surface area contributed by atoms with Crippen LogP contribution in [0.2, 0.25) is 10.0 Å². The van der Waals surface area contributed by atoms with Crippen LogP contribution in [-0.2, 0) is 6.61 Å². The molecule has 3 rings (SSSR count). The molecule has 6 nitrogen and oxygen atoms in total. The van der Waals surface area contributed by atoms with Crippen molar-refractivity contribution in [3.05, 3.63) is 75.7 Å². The van der Waals surface area contributed by atoms with Crippen LogP contribution < -0.4 is 16.2 Å². The highest BCUT2D eigenvalue weighted by atomic mass is 35.5. The number of benzene rings is 1. The minimum Gasteiger partial charge on any atom is -0.489 e. The number of anilines is 2. The number of nitrogens with one attached hydrogen (secondary N) is 1. The van der Waals surface area contributed by atoms with E-state index in [1.807, 2.05) is 13.8 Å². The molecule has 28 heavy (non-hydrogen) atoms. The Hall–Kier alpha value is -2.83. The molecule has 0 amide bonds. The molecule has 0 radical (unpaired) electrons. The summed E-state index contributed by atoms with van der Waals surface area (Å²) in [5.74, 6) is 0.920. The smallest absolute Gasteiger partial charge is 0.123 e. The predicted octanol–water partition coefficient (Wildman–Crippen LogP) is 4.97. The fourth-order valence-corrected chi connectivity index (χ4v) is 2.76. The zero-order valence-corrected chi connectivity index (χ0v) is 17.1. The fourth-order valence-electron chi connectivity index (χ4n) is 2.28. The van der Waals surface area contributed by atoms with Crippen molar-refractivity contribution in [2.24, 2.45) is 0 Å². The van der Waals surface area contributed by atoms with Crippen molar-refractivity contribution < 1.29 is 4.74 Å². The van der Waals surface area contributed by atoms with E-state index in [1.54, 1.807) is 30.3 Å². The van der Waals surface area contributed by atoms with Gasteiger partial charge in [0.15, 0.2) is 0 Å². The van der Waals surface area contributed by atoms with Gasteiger partial charge < -0.3 is 16.2 Å². The number of pyridine rings is 2. The lowest BCUT2D eigenvalue weighted by Gasteiger charge is -2.12. The Kier molecular flexibility index (Phi) is 7.61. The zero-order chi connectivity index (χ0) is 20.7. The zero-order valence-electron chi connectivity index (χ0n) is 15.5. The summed E-state index contributed by atoms with van der Waals surface area (Å²) in [6.45, 7) is 4.17. The van der Waals surface area contributed by atoms with Crippen LogP contribution in [-0.4, -0.2) is 15.7 Å². The number of hydrogen-bond acceptors (Lipinski definition) is 6. The minimum atomic E-state index is 0.167. The maximum absolute atomic E-state index is 8.38. The van der Waals surface area contributed by atoms with E-state index in [0.29, 0.717) is 44.0 Å². The molecular weight excluding hydrogens is 397 g/mol. The maximum atomic E-state index is 8.38. The molecular formula is C20H21Cl2N5O. The molecule has 0 aliphatic rings. The van der Waals surface area contributed by atoms with Crippen molar-refractivity contribution in [2.45, 2.75) is 20.5 Å². The number of rotatable bonds is 5. The summed E-state index contributed by atoms with van der Waals surface area (Å²) >= 11 is 12.2. The summed E-state index contributed by atoms with van der Waals surface area (Å²) in [5.41, 5.74) is 14.1. The highest BCUT2D eigenvalue weighted by molar-refractivity contribution is 6.35. The van der Waals surface area contributed by atoms with E-state index >= 15 is 0 Å². The molecule has 146 valence electrons. The normalized spacial score (nSPS) is 10.0. The summed E-state index contributed by atoms with van der Waals surface area (Å²) in [4.78, 5) is 7.91. The molecule has 2 heterocycles. The second-order valence-corrected chi connectivity index (χ2v) is 6.28. The van der Waals surface area contributed by atoms with Crippen molar-refractivity contribution in [1.29, 1.82) is 5.41 Å². The Morgan fingerprint density at radius 2 is 1.71 bits per heavy atom. The van der Waals surface area contributed by atoms with Crippen LogP contribution in [0, 0.1) is 5.41 Å². The van der Waals surface area contributed by atoms with E-state index in [9.17, 15) is 0 Å². The number of nitrogen functional groups attached to an aromatic ring is 2. The Bertz CT molecular complexity index is 941. The van der Waals surface area contributed by atoms with E-state index in [4.69, 9.17) is 44.8 Å². The monoisotopic (exact) mass is 417 g/mol. The summed E-state index contributed by atoms with van der Waals surface area (Å²) in [7, 11) is 0. The van der Waals surface area contributed by atoms with Crippen molar-refractivity contribution in [3.63, 3.8) is 0 Å². The number of nitrogens with two attached hydrogens (primary N) is 2. The van der Waals surface area contributed by atoms with Crippen LogP contribution in [0.5, 0.6) is 5.75 Å². The average Bonchev–Trinajstić information content (AvgIpc) is 2.70. The van der Waals surface area contributed by atoms with Gasteiger partial charge in [0, 0.05) is 41.0 Å². The van der Waals surface area contributed by atoms with Crippen LogP contribution in [0.4, 0.5) is 11.5 Å². The van der Waals surface area contributed by atoms with Crippen LogP contribution in [0.25, 0.3) is 0 Å². The minimum absolute atomic E-state index is 0.167. The molecule has 0 spiro atoms. The first-order chi connectivity index (χ1) is 13.5. The second kappa shape index (κ2) is 9.92. The van der Waals surface area contributed by atoms with Gasteiger partial charge in [-0.25, -0.2) is 4.98 Å². The van der Waals surface area contributed by atoms with E-state index in [0.717, 1.165) is 0 Å². The van der Waals surface area contributed by atoms with Crippen molar-refractivity contribution in [1.82, 2.24) is 9.97 Å². The molecule has 0 unspecified atom stereocenters. The largest absolute Gasteiger partial charge is 0.489 e. The molecule has 2 aromatic heterocycles. The summed E-state index contributed by atoms with van der Waals surface area (Å²) in [6.07, 6.45) is 4.54. The lowest BCUT2D eigenvalue weighted by molar-refractivity contribution is 0.306. The first-order valence-electron chi connectivity index (χ1n) is 8.56. The number of hydrogen-bond donors (Lipinski definition) is 3. The third-order valence-corrected chi connectivity index (χ3v) is 4.36. The van der Waals surface area contributed by atoms with Gasteiger partial charge >= 0.3 is 0 Å². The average molecular weight is 418 g/mol. The highest BCUT2D eigenvalue weighted by Gasteiger charge is 2.12. The molecule has 3 aromatic rings. The lowest BCUT2D eigenvalue weighted by atomic mass is 10.0. The maximum Gasteiger partial charge on any atom is 0.123 e. The third-order valence-electron chi connectivity index (χ3n) is 3.70. The molecule has 8 heteroatoms. The Labute approximate surface area is 174 Å². The van der Waals surface area contributed by atoms with Gasteiger partial charge in [-0.15, -0.1) is 0 Å². The number of halogens is 2. The summed E-state index contributed by atoms with van der Waals surface area (Å²) in [5, 5.41) is 9.23. The molecule has 0 saturated heterocycles. The third kappa shape index (κ3) is 5.12. The molecule has 0 saturated carbocycles. The first kappa shape index (κ1) is 21.5. The van der Waals surface area contributed by atoms with Crippen LogP contribution >= 0.6 is 23.2 Å². The second-order valence-electron chi connectivity index (χ2n) is 5.47. The molecule has 1 aromatic carbocycles. The van der Waals surface area contributed by atoms with Gasteiger partial charge in [-0.05, 0) is 30.3 Å². The first-order valence-corrected chi connectivity index (χ1v) is 9.32. The van der Waals surface area contributed by atoms with Crippen LogP contribution in [0.1, 0.15) is 30.5 Å². The quantitative estimate of drug-likeness (QED) is 0.400. The predicted molar refractivity (Wildman–Crippen MR) is 115 cm³/mol. The lowest BCUT2D eigenvalue weighted by Crippen LogP contribution is -2.07. The Morgan fingerprint density at radius 3 is 2.32 bits per heavy atom. The molecule has 5 N–H and O–H groups in total. The SMILES string of the molecule is CC.N=C(c1ccc(N)nc1)c1cc(OCc2c(Cl)cncc2Cl)ccc1N. The Balaban J connectivity index is 0.00000136. The molecule has 0 fully saturated rings. The van der Waals surface area contributed by atoms with Gasteiger partial charge in [-0.3, -0.25) is 10.4 Å². The number of nitrogens with zero attached hydrogens (tertiary/aromatic N) is 2. The van der Waals surface area contributed by atoms with Crippen molar-refractivity contribution in [3.8, 4) is 5.75 Å². The topological polar surface area (TPSA) is 111 Å². The fraction of sp³-hybridized carbons (Fsp3) is 0.150. The Morgan fingerprint density at radius 1 is 1.04 bits per heavy atom. The molecule has 0 bridgehead atoms. The van der Waals surface area contributed by atoms with Gasteiger partial charge in [0.2, 0.25) is 0 Å². The van der Waals surface area contributed by atoms with E-state index < -0.39 is 0 Å². The van der Waals surface area contributed by atoms with Gasteiger partial charge in [-0.1, -0.05) is 37.0 Å². The number of ether oxygens (including phenoxy) is 1. The molecule has 0 aliphatic carbocycles. The van der Waals surface area contributed by atoms with Crippen LogP contribution in [0.3, 0.4) is 0 Å².